The first kappa shape index (κ1) is 16.3. The van der Waals surface area contributed by atoms with Crippen molar-refractivity contribution < 1.29 is 18.7 Å². The monoisotopic (exact) mass is 307 g/mol. The van der Waals surface area contributed by atoms with Crippen LogP contribution in [0.3, 0.4) is 0 Å². The highest BCUT2D eigenvalue weighted by molar-refractivity contribution is 5.79. The minimum Gasteiger partial charge on any atom is -0.493 e. The summed E-state index contributed by atoms with van der Waals surface area (Å²) in [7, 11) is 2.95. The molecule has 0 spiro atoms. The molecule has 120 valence electrons. The fourth-order valence-corrected chi connectivity index (χ4v) is 2.64. The predicted molar refractivity (Wildman–Crippen MR) is 82.5 cm³/mol. The number of nitrogens with one attached hydrogen (secondary N) is 1. The van der Waals surface area contributed by atoms with E-state index in [4.69, 9.17) is 9.47 Å². The summed E-state index contributed by atoms with van der Waals surface area (Å²) in [5.41, 5.74) is 0.386. The Bertz CT molecular complexity index is 571. The Morgan fingerprint density at radius 2 is 1.95 bits per heavy atom. The first-order valence-corrected chi connectivity index (χ1v) is 7.43. The van der Waals surface area contributed by atoms with Gasteiger partial charge in [-0.05, 0) is 32.3 Å². The van der Waals surface area contributed by atoms with Crippen molar-refractivity contribution in [2.75, 3.05) is 14.2 Å². The first-order valence-electron chi connectivity index (χ1n) is 7.43. The molecule has 0 heterocycles. The zero-order valence-electron chi connectivity index (χ0n) is 13.2. The van der Waals surface area contributed by atoms with Crippen molar-refractivity contribution in [3.63, 3.8) is 0 Å². The number of hydrogen-bond donors (Lipinski definition) is 1. The lowest BCUT2D eigenvalue weighted by Gasteiger charge is -2.22. The minimum atomic E-state index is -0.432. The zero-order chi connectivity index (χ0) is 16.1. The number of halogens is 1. The van der Waals surface area contributed by atoms with Crippen molar-refractivity contribution in [1.29, 1.82) is 0 Å². The summed E-state index contributed by atoms with van der Waals surface area (Å²) < 4.78 is 24.5. The van der Waals surface area contributed by atoms with Crippen LogP contribution in [-0.2, 0) is 4.79 Å². The van der Waals surface area contributed by atoms with Crippen molar-refractivity contribution in [3.8, 4) is 11.5 Å². The summed E-state index contributed by atoms with van der Waals surface area (Å²) in [4.78, 5) is 12.2. The molecule has 0 aromatic heterocycles. The Hall–Kier alpha value is -2.04. The summed E-state index contributed by atoms with van der Waals surface area (Å²) in [5.74, 6) is 0.288. The van der Waals surface area contributed by atoms with Gasteiger partial charge >= 0.3 is 0 Å². The fourth-order valence-electron chi connectivity index (χ4n) is 2.64. The molecule has 1 aromatic rings. The second-order valence-electron chi connectivity index (χ2n) is 5.44. The molecule has 5 heteroatoms. The van der Waals surface area contributed by atoms with Crippen LogP contribution in [0.25, 0.3) is 0 Å². The van der Waals surface area contributed by atoms with E-state index in [-0.39, 0.29) is 11.8 Å². The fraction of sp³-hybridized carbons (Fsp3) is 0.471. The highest BCUT2D eigenvalue weighted by Gasteiger charge is 2.23. The largest absolute Gasteiger partial charge is 0.493 e. The molecule has 2 rings (SSSR count). The van der Waals surface area contributed by atoms with E-state index in [2.05, 4.69) is 11.4 Å². The Morgan fingerprint density at radius 1 is 1.27 bits per heavy atom. The number of carbonyl (C=O) groups is 1. The third kappa shape index (κ3) is 3.59. The molecule has 1 aliphatic rings. The van der Waals surface area contributed by atoms with Crippen molar-refractivity contribution in [3.05, 3.63) is 35.7 Å². The van der Waals surface area contributed by atoms with Gasteiger partial charge in [0, 0.05) is 17.5 Å². The molecule has 2 unspecified atom stereocenters. The number of carbonyl (C=O) groups excluding carboxylic acids is 1. The van der Waals surface area contributed by atoms with Crippen LogP contribution in [0.2, 0.25) is 0 Å². The Labute approximate surface area is 130 Å². The van der Waals surface area contributed by atoms with Gasteiger partial charge in [-0.25, -0.2) is 4.39 Å². The van der Waals surface area contributed by atoms with E-state index in [9.17, 15) is 9.18 Å². The van der Waals surface area contributed by atoms with Gasteiger partial charge in [0.15, 0.2) is 11.5 Å². The molecule has 1 aliphatic carbocycles. The number of rotatable bonds is 5. The van der Waals surface area contributed by atoms with Gasteiger partial charge in [-0.3, -0.25) is 4.79 Å². The quantitative estimate of drug-likeness (QED) is 0.848. The lowest BCUT2D eigenvalue weighted by atomic mass is 9.93. The third-order valence-corrected chi connectivity index (χ3v) is 3.97. The number of methoxy groups -OCH3 is 2. The molecule has 1 N–H and O–H groups in total. The summed E-state index contributed by atoms with van der Waals surface area (Å²) in [5, 5.41) is 2.89. The smallest absolute Gasteiger partial charge is 0.223 e. The first-order chi connectivity index (χ1) is 10.6. The molecular formula is C17H22FNO3. The molecule has 0 fully saturated rings. The highest BCUT2D eigenvalue weighted by atomic mass is 19.1. The standard InChI is InChI=1S/C17H22FNO3/c1-11(19-17(20)12-7-5-4-6-8-12)13-9-15(21-2)16(22-3)10-14(13)18/h4-5,9-12H,6-8H2,1-3H3,(H,19,20). The van der Waals surface area contributed by atoms with Crippen molar-refractivity contribution in [2.24, 2.45) is 5.92 Å². The van der Waals surface area contributed by atoms with Crippen LogP contribution in [-0.4, -0.2) is 20.1 Å². The number of ether oxygens (including phenoxy) is 2. The Kier molecular flexibility index (Phi) is 5.41. The summed E-state index contributed by atoms with van der Waals surface area (Å²) in [6.45, 7) is 1.76. The van der Waals surface area contributed by atoms with Crippen LogP contribution in [0.5, 0.6) is 11.5 Å². The van der Waals surface area contributed by atoms with Crippen LogP contribution >= 0.6 is 0 Å². The molecule has 0 radical (unpaired) electrons. The van der Waals surface area contributed by atoms with Gasteiger partial charge < -0.3 is 14.8 Å². The molecule has 22 heavy (non-hydrogen) atoms. The molecular weight excluding hydrogens is 285 g/mol. The third-order valence-electron chi connectivity index (χ3n) is 3.97. The molecule has 0 saturated heterocycles. The van der Waals surface area contributed by atoms with Crippen molar-refractivity contribution >= 4 is 5.91 Å². The van der Waals surface area contributed by atoms with Crippen LogP contribution in [0.1, 0.15) is 37.8 Å². The van der Waals surface area contributed by atoms with E-state index in [0.717, 1.165) is 19.3 Å². The summed E-state index contributed by atoms with van der Waals surface area (Å²) >= 11 is 0. The highest BCUT2D eigenvalue weighted by Crippen LogP contribution is 2.32. The van der Waals surface area contributed by atoms with Gasteiger partial charge in [0.25, 0.3) is 0 Å². The number of benzene rings is 1. The molecule has 4 nitrogen and oxygen atoms in total. The maximum Gasteiger partial charge on any atom is 0.223 e. The minimum absolute atomic E-state index is 0.0318. The molecule has 0 bridgehead atoms. The lowest BCUT2D eigenvalue weighted by Crippen LogP contribution is -2.33. The van der Waals surface area contributed by atoms with Gasteiger partial charge in [-0.2, -0.15) is 0 Å². The van der Waals surface area contributed by atoms with E-state index in [1.807, 2.05) is 6.08 Å². The maximum atomic E-state index is 14.2. The molecule has 0 aliphatic heterocycles. The lowest BCUT2D eigenvalue weighted by molar-refractivity contribution is -0.125. The normalized spacial score (nSPS) is 18.6. The summed E-state index contributed by atoms with van der Waals surface area (Å²) in [6.07, 6.45) is 6.60. The maximum absolute atomic E-state index is 14.2. The van der Waals surface area contributed by atoms with E-state index in [1.165, 1.54) is 20.3 Å². The second kappa shape index (κ2) is 7.29. The van der Waals surface area contributed by atoms with Gasteiger partial charge in [-0.15, -0.1) is 0 Å². The van der Waals surface area contributed by atoms with Crippen molar-refractivity contribution in [2.45, 2.75) is 32.2 Å². The van der Waals surface area contributed by atoms with E-state index < -0.39 is 11.9 Å². The molecule has 1 aromatic carbocycles. The van der Waals surface area contributed by atoms with E-state index in [0.29, 0.717) is 17.1 Å². The predicted octanol–water partition coefficient (Wildman–Crippen LogP) is 3.38. The Balaban J connectivity index is 2.13. The second-order valence-corrected chi connectivity index (χ2v) is 5.44. The molecule has 2 atom stereocenters. The number of amides is 1. The average Bonchev–Trinajstić information content (AvgIpc) is 2.55. The van der Waals surface area contributed by atoms with Crippen LogP contribution in [0.4, 0.5) is 4.39 Å². The SMILES string of the molecule is COc1cc(F)c(C(C)NC(=O)C2CC=CCC2)cc1OC. The van der Waals surface area contributed by atoms with Crippen LogP contribution in [0, 0.1) is 11.7 Å². The zero-order valence-corrected chi connectivity index (χ0v) is 13.2. The van der Waals surface area contributed by atoms with Crippen LogP contribution in [0.15, 0.2) is 24.3 Å². The average molecular weight is 307 g/mol. The van der Waals surface area contributed by atoms with E-state index in [1.54, 1.807) is 13.0 Å². The van der Waals surface area contributed by atoms with Gasteiger partial charge in [0.2, 0.25) is 5.91 Å². The molecule has 1 amide bonds. The van der Waals surface area contributed by atoms with Crippen LogP contribution < -0.4 is 14.8 Å². The van der Waals surface area contributed by atoms with Gasteiger partial charge in [-0.1, -0.05) is 12.2 Å². The number of allylic oxidation sites excluding steroid dienone is 2. The summed E-state index contributed by atoms with van der Waals surface area (Å²) in [6, 6.07) is 2.42. The van der Waals surface area contributed by atoms with Crippen molar-refractivity contribution in [1.82, 2.24) is 5.32 Å². The number of hydrogen-bond acceptors (Lipinski definition) is 3. The van der Waals surface area contributed by atoms with E-state index >= 15 is 0 Å². The van der Waals surface area contributed by atoms with Gasteiger partial charge in [0.05, 0.1) is 20.3 Å². The molecule has 0 saturated carbocycles. The topological polar surface area (TPSA) is 47.6 Å². The Morgan fingerprint density at radius 3 is 2.55 bits per heavy atom. The van der Waals surface area contributed by atoms with Gasteiger partial charge in [0.1, 0.15) is 5.82 Å².